The fraction of sp³-hybridized carbons (Fsp3) is 0.333. The van der Waals surface area contributed by atoms with Gasteiger partial charge in [-0.05, 0) is 49.8 Å². The summed E-state index contributed by atoms with van der Waals surface area (Å²) in [7, 11) is 1.70. The second-order valence-electron chi connectivity index (χ2n) is 8.81. The van der Waals surface area contributed by atoms with E-state index in [2.05, 4.69) is 5.32 Å². The zero-order valence-electron chi connectivity index (χ0n) is 18.8. The number of nitrogens with zero attached hydrogens (tertiary/aromatic N) is 3. The van der Waals surface area contributed by atoms with Crippen molar-refractivity contribution in [1.82, 2.24) is 20.1 Å². The lowest BCUT2D eigenvalue weighted by Gasteiger charge is -2.28. The van der Waals surface area contributed by atoms with Crippen molar-refractivity contribution >= 4 is 22.5 Å². The Labute approximate surface area is 195 Å². The first-order chi connectivity index (χ1) is 16.2. The van der Waals surface area contributed by atoms with Crippen LogP contribution in [-0.4, -0.2) is 39.4 Å². The van der Waals surface area contributed by atoms with Crippen LogP contribution in [0.15, 0.2) is 42.7 Å². The normalized spacial score (nSPS) is 18.8. The molecule has 1 fully saturated rings. The quantitative estimate of drug-likeness (QED) is 0.324. The maximum Gasteiger partial charge on any atom is 0.251 e. The first-order valence-electron chi connectivity index (χ1n) is 11.1. The molecule has 1 saturated carbocycles. The molecule has 10 heteroatoms. The van der Waals surface area contributed by atoms with E-state index in [0.717, 1.165) is 54.3 Å². The van der Waals surface area contributed by atoms with Crippen molar-refractivity contribution in [1.29, 1.82) is 0 Å². The summed E-state index contributed by atoms with van der Waals surface area (Å²) in [5.74, 6) is 1.94. The molecule has 1 heterocycles. The predicted molar refractivity (Wildman–Crippen MR) is 125 cm³/mol. The van der Waals surface area contributed by atoms with Gasteiger partial charge in [0.25, 0.3) is 5.91 Å². The molecule has 1 aliphatic rings. The molecule has 0 bridgehead atoms. The highest BCUT2D eigenvalue weighted by molar-refractivity contribution is 5.94. The Morgan fingerprint density at radius 1 is 1.21 bits per heavy atom. The summed E-state index contributed by atoms with van der Waals surface area (Å²) in [5, 5.41) is 19.1. The zero-order chi connectivity index (χ0) is 24.4. The molecule has 0 atom stereocenters. The van der Waals surface area contributed by atoms with Crippen LogP contribution in [0.25, 0.3) is 16.6 Å². The van der Waals surface area contributed by atoms with Crippen LogP contribution in [0.2, 0.25) is 0 Å². The summed E-state index contributed by atoms with van der Waals surface area (Å²) >= 11 is 0. The molecular formula is C24H28F2N6O2. The Balaban J connectivity index is 1.34. The van der Waals surface area contributed by atoms with Gasteiger partial charge in [-0.15, -0.1) is 0 Å². The van der Waals surface area contributed by atoms with E-state index in [0.29, 0.717) is 12.2 Å². The number of rotatable bonds is 6. The number of hydrazine groups is 1. The number of carbonyl (C=O) groups is 1. The molecule has 0 radical (unpaired) electrons. The van der Waals surface area contributed by atoms with Crippen LogP contribution in [0.5, 0.6) is 5.75 Å². The number of nitrogens with two attached hydrogens (primary N) is 2. The molecule has 1 aliphatic carbocycles. The number of fused-ring (bicyclic) bond motifs is 1. The van der Waals surface area contributed by atoms with E-state index in [-0.39, 0.29) is 17.5 Å². The van der Waals surface area contributed by atoms with E-state index >= 15 is 0 Å². The van der Waals surface area contributed by atoms with Gasteiger partial charge in [0, 0.05) is 42.5 Å². The minimum Gasteiger partial charge on any atom is -0.503 e. The molecule has 0 aliphatic heterocycles. The maximum absolute atomic E-state index is 13.5. The molecule has 180 valence electrons. The van der Waals surface area contributed by atoms with Crippen LogP contribution in [-0.2, 0) is 0 Å². The van der Waals surface area contributed by atoms with E-state index in [1.807, 2.05) is 29.1 Å². The van der Waals surface area contributed by atoms with Crippen molar-refractivity contribution < 1.29 is 18.7 Å². The molecule has 0 unspecified atom stereocenters. The summed E-state index contributed by atoms with van der Waals surface area (Å²) in [5.41, 5.74) is 8.20. The highest BCUT2D eigenvalue weighted by atomic mass is 19.1. The van der Waals surface area contributed by atoms with Crippen LogP contribution in [0.1, 0.15) is 47.6 Å². The maximum atomic E-state index is 13.5. The van der Waals surface area contributed by atoms with Crippen LogP contribution < -0.4 is 16.9 Å². The third kappa shape index (κ3) is 5.12. The fourth-order valence-electron chi connectivity index (χ4n) is 4.34. The average molecular weight is 471 g/mol. The first kappa shape index (κ1) is 23.5. The SMILES string of the molecule is CN(N)/C=C(\N)c1ccc2cn(C3CCC(CNC(=O)c4cc(F)c(O)c(F)c4)CC3)nc2c1. The smallest absolute Gasteiger partial charge is 0.251 e. The lowest BCUT2D eigenvalue weighted by molar-refractivity contribution is 0.0940. The summed E-state index contributed by atoms with van der Waals surface area (Å²) in [4.78, 5) is 12.3. The highest BCUT2D eigenvalue weighted by Crippen LogP contribution is 2.33. The van der Waals surface area contributed by atoms with E-state index in [4.69, 9.17) is 16.7 Å². The van der Waals surface area contributed by atoms with Crippen LogP contribution in [0, 0.1) is 17.6 Å². The van der Waals surface area contributed by atoms with Crippen molar-refractivity contribution in [3.8, 4) is 5.75 Å². The lowest BCUT2D eigenvalue weighted by Crippen LogP contribution is -2.31. The molecule has 0 spiro atoms. The van der Waals surface area contributed by atoms with Crippen molar-refractivity contribution in [2.75, 3.05) is 13.6 Å². The van der Waals surface area contributed by atoms with Crippen molar-refractivity contribution in [3.05, 3.63) is 65.5 Å². The summed E-state index contributed by atoms with van der Waals surface area (Å²) < 4.78 is 29.0. The second kappa shape index (κ2) is 9.68. The van der Waals surface area contributed by atoms with Gasteiger partial charge in [-0.2, -0.15) is 5.10 Å². The number of aromatic nitrogens is 2. The second-order valence-corrected chi connectivity index (χ2v) is 8.81. The van der Waals surface area contributed by atoms with Crippen molar-refractivity contribution in [2.45, 2.75) is 31.7 Å². The van der Waals surface area contributed by atoms with E-state index in [1.165, 1.54) is 5.01 Å². The predicted octanol–water partition coefficient (Wildman–Crippen LogP) is 3.24. The molecule has 6 N–H and O–H groups in total. The van der Waals surface area contributed by atoms with E-state index in [1.54, 1.807) is 13.2 Å². The summed E-state index contributed by atoms with van der Waals surface area (Å²) in [6.45, 7) is 0.418. The van der Waals surface area contributed by atoms with Gasteiger partial charge in [0.2, 0.25) is 0 Å². The molecule has 8 nitrogen and oxygen atoms in total. The molecule has 34 heavy (non-hydrogen) atoms. The number of nitrogens with one attached hydrogen (secondary N) is 1. The van der Waals surface area contributed by atoms with Gasteiger partial charge in [-0.25, -0.2) is 14.6 Å². The topological polar surface area (TPSA) is 122 Å². The van der Waals surface area contributed by atoms with E-state index < -0.39 is 23.3 Å². The molecule has 0 saturated heterocycles. The number of phenols is 1. The number of aromatic hydroxyl groups is 1. The Hall–Kier alpha value is -3.66. The monoisotopic (exact) mass is 470 g/mol. The van der Waals surface area contributed by atoms with Crippen LogP contribution in [0.4, 0.5) is 8.78 Å². The number of benzene rings is 2. The number of hydrogen-bond donors (Lipinski definition) is 4. The minimum absolute atomic E-state index is 0.155. The number of halogens is 2. The molecule has 2 aromatic carbocycles. The number of amides is 1. The van der Waals surface area contributed by atoms with Gasteiger partial charge in [-0.3, -0.25) is 9.48 Å². The third-order valence-corrected chi connectivity index (χ3v) is 6.22. The van der Waals surface area contributed by atoms with Gasteiger partial charge in [0.1, 0.15) is 0 Å². The van der Waals surface area contributed by atoms with Crippen molar-refractivity contribution in [3.63, 3.8) is 0 Å². The number of phenolic OH excluding ortho intramolecular Hbond substituents is 1. The van der Waals surface area contributed by atoms with Gasteiger partial charge >= 0.3 is 0 Å². The minimum atomic E-state index is -1.16. The molecule has 4 rings (SSSR count). The van der Waals surface area contributed by atoms with Gasteiger partial charge in [0.15, 0.2) is 17.4 Å². The van der Waals surface area contributed by atoms with Gasteiger partial charge < -0.3 is 21.2 Å². The number of hydrogen-bond acceptors (Lipinski definition) is 6. The third-order valence-electron chi connectivity index (χ3n) is 6.22. The van der Waals surface area contributed by atoms with E-state index in [9.17, 15) is 18.7 Å². The van der Waals surface area contributed by atoms with Crippen LogP contribution in [0.3, 0.4) is 0 Å². The summed E-state index contributed by atoms with van der Waals surface area (Å²) in [6, 6.07) is 7.78. The zero-order valence-corrected chi connectivity index (χ0v) is 18.8. The average Bonchev–Trinajstić information content (AvgIpc) is 3.24. The lowest BCUT2D eigenvalue weighted by atomic mass is 9.86. The Morgan fingerprint density at radius 3 is 2.53 bits per heavy atom. The molecule has 1 amide bonds. The number of carbonyl (C=O) groups excluding carboxylic acids is 1. The Kier molecular flexibility index (Phi) is 6.69. The van der Waals surface area contributed by atoms with Gasteiger partial charge in [0.05, 0.1) is 17.3 Å². The summed E-state index contributed by atoms with van der Waals surface area (Å²) in [6.07, 6.45) is 7.28. The fourth-order valence-corrected chi connectivity index (χ4v) is 4.34. The van der Waals surface area contributed by atoms with Crippen molar-refractivity contribution in [2.24, 2.45) is 17.5 Å². The van der Waals surface area contributed by atoms with Crippen LogP contribution >= 0.6 is 0 Å². The van der Waals surface area contributed by atoms with Gasteiger partial charge in [-0.1, -0.05) is 12.1 Å². The molecular weight excluding hydrogens is 442 g/mol. The first-order valence-corrected chi connectivity index (χ1v) is 11.1. The largest absolute Gasteiger partial charge is 0.503 e. The standard InChI is InChI=1S/C24H28F2N6O2/c1-31(28)13-21(27)15-4-5-16-12-32(30-22(16)10-15)18-6-2-14(3-7-18)11-29-24(34)17-8-19(25)23(33)20(26)9-17/h4-5,8-10,12-14,18,33H,2-3,6-7,11,27-28H2,1H3,(H,29,34)/b21-13-. The molecule has 3 aromatic rings. The Bertz CT molecular complexity index is 1210. The molecule has 1 aromatic heterocycles. The Morgan fingerprint density at radius 2 is 1.88 bits per heavy atom. The highest BCUT2D eigenvalue weighted by Gasteiger charge is 2.24.